The second-order valence-corrected chi connectivity index (χ2v) is 6.84. The van der Waals surface area contributed by atoms with Crippen LogP contribution in [-0.2, 0) is 4.79 Å². The molecule has 5 nitrogen and oxygen atoms in total. The molecule has 0 aliphatic carbocycles. The van der Waals surface area contributed by atoms with E-state index in [0.717, 1.165) is 12.0 Å². The maximum atomic E-state index is 12.2. The van der Waals surface area contributed by atoms with Gasteiger partial charge in [-0.05, 0) is 38.5 Å². The van der Waals surface area contributed by atoms with Crippen LogP contribution in [0.1, 0.15) is 43.9 Å². The Labute approximate surface area is 135 Å². The van der Waals surface area contributed by atoms with E-state index in [-0.39, 0.29) is 10.9 Å². The third-order valence-corrected chi connectivity index (χ3v) is 4.68. The molecule has 1 aromatic rings. The largest absolute Gasteiger partial charge is 0.485 e. The predicted octanol–water partition coefficient (Wildman–Crippen LogP) is 1.52. The highest BCUT2D eigenvalue weighted by molar-refractivity contribution is 7.80. The quantitative estimate of drug-likeness (QED) is 0.808. The molecular weight excluding hydrogens is 300 g/mol. The first-order chi connectivity index (χ1) is 10.3. The van der Waals surface area contributed by atoms with Gasteiger partial charge in [0, 0.05) is 24.1 Å². The lowest BCUT2D eigenvalue weighted by molar-refractivity contribution is -0.139. The van der Waals surface area contributed by atoms with Crippen LogP contribution in [0.2, 0.25) is 0 Å². The van der Waals surface area contributed by atoms with Crippen LogP contribution in [0.5, 0.6) is 5.75 Å². The number of rotatable bonds is 2. The normalized spacial score (nSPS) is 26.5. The fourth-order valence-electron chi connectivity index (χ4n) is 3.22. The van der Waals surface area contributed by atoms with Crippen LogP contribution in [0.4, 0.5) is 0 Å². The highest BCUT2D eigenvalue weighted by Gasteiger charge is 2.47. The highest BCUT2D eigenvalue weighted by atomic mass is 32.1. The molecule has 1 fully saturated rings. The van der Waals surface area contributed by atoms with E-state index in [1.165, 1.54) is 0 Å². The molecule has 2 aliphatic rings. The molecule has 0 aromatic heterocycles. The number of amides is 1. The van der Waals surface area contributed by atoms with Gasteiger partial charge in [-0.25, -0.2) is 0 Å². The molecule has 1 aromatic carbocycles. The van der Waals surface area contributed by atoms with E-state index in [0.29, 0.717) is 24.3 Å². The maximum Gasteiger partial charge on any atom is 0.223 e. The van der Waals surface area contributed by atoms with Gasteiger partial charge in [0.05, 0.1) is 6.04 Å². The van der Waals surface area contributed by atoms with E-state index in [2.05, 4.69) is 0 Å². The molecule has 1 amide bonds. The van der Waals surface area contributed by atoms with Gasteiger partial charge in [0.2, 0.25) is 5.91 Å². The minimum Gasteiger partial charge on any atom is -0.485 e. The first-order valence-corrected chi connectivity index (χ1v) is 7.82. The average molecular weight is 320 g/mol. The van der Waals surface area contributed by atoms with Crippen molar-refractivity contribution in [2.24, 2.45) is 5.73 Å². The summed E-state index contributed by atoms with van der Waals surface area (Å²) in [5, 5.41) is 10.8. The Kier molecular flexibility index (Phi) is 3.61. The Balaban J connectivity index is 2.12. The standard InChI is InChI=1S/C16H20N2O3S/c1-16(2)14(20)13(18-7-3-4-12(18)19)10-8-9(15(17)22)5-6-11(10)21-16/h5-6,8,13-14,20H,3-4,7H2,1-2H3,(H2,17,22)/t13-,14+/m1/s1. The fraction of sp³-hybridized carbons (Fsp3) is 0.500. The zero-order valence-corrected chi connectivity index (χ0v) is 13.5. The molecule has 0 spiro atoms. The SMILES string of the molecule is CC1(C)Oc2ccc(C(N)=S)cc2[C@@H](N2CCCC2=O)[C@@H]1O. The third-order valence-electron chi connectivity index (χ3n) is 4.44. The van der Waals surface area contributed by atoms with E-state index in [4.69, 9.17) is 22.7 Å². The molecule has 118 valence electrons. The predicted molar refractivity (Wildman–Crippen MR) is 86.7 cm³/mol. The van der Waals surface area contributed by atoms with Gasteiger partial charge >= 0.3 is 0 Å². The van der Waals surface area contributed by atoms with Crippen molar-refractivity contribution in [2.75, 3.05) is 6.54 Å². The van der Waals surface area contributed by atoms with E-state index in [1.54, 1.807) is 11.0 Å². The number of hydrogen-bond donors (Lipinski definition) is 2. The van der Waals surface area contributed by atoms with Gasteiger partial charge in [0.15, 0.2) is 0 Å². The number of carbonyl (C=O) groups excluding carboxylic acids is 1. The number of nitrogens with two attached hydrogens (primary N) is 1. The van der Waals surface area contributed by atoms with Crippen LogP contribution in [0.25, 0.3) is 0 Å². The lowest BCUT2D eigenvalue weighted by Gasteiger charge is -2.45. The number of aliphatic hydroxyl groups excluding tert-OH is 1. The Hall–Kier alpha value is -1.66. The number of ether oxygens (including phenoxy) is 1. The van der Waals surface area contributed by atoms with Crippen molar-refractivity contribution >= 4 is 23.1 Å². The van der Waals surface area contributed by atoms with E-state index in [9.17, 15) is 9.90 Å². The van der Waals surface area contributed by atoms with Crippen LogP contribution < -0.4 is 10.5 Å². The van der Waals surface area contributed by atoms with Gasteiger partial charge < -0.3 is 20.5 Å². The lowest BCUT2D eigenvalue weighted by Crippen LogP contribution is -2.53. The first kappa shape index (κ1) is 15.2. The van der Waals surface area contributed by atoms with Gasteiger partial charge in [-0.3, -0.25) is 4.79 Å². The molecule has 2 heterocycles. The van der Waals surface area contributed by atoms with Crippen LogP contribution >= 0.6 is 12.2 Å². The number of likely N-dealkylation sites (tertiary alicyclic amines) is 1. The first-order valence-electron chi connectivity index (χ1n) is 7.41. The van der Waals surface area contributed by atoms with Crippen molar-refractivity contribution in [3.05, 3.63) is 29.3 Å². The summed E-state index contributed by atoms with van der Waals surface area (Å²) in [5.74, 6) is 0.730. The van der Waals surface area contributed by atoms with Gasteiger partial charge in [-0.1, -0.05) is 12.2 Å². The maximum absolute atomic E-state index is 12.2. The Bertz CT molecular complexity index is 644. The fourth-order valence-corrected chi connectivity index (χ4v) is 3.35. The Morgan fingerprint density at radius 2 is 2.23 bits per heavy atom. The Morgan fingerprint density at radius 3 is 2.82 bits per heavy atom. The average Bonchev–Trinajstić information content (AvgIpc) is 2.85. The van der Waals surface area contributed by atoms with E-state index >= 15 is 0 Å². The number of thiocarbonyl (C=S) groups is 1. The molecule has 0 saturated carbocycles. The second-order valence-electron chi connectivity index (χ2n) is 6.40. The van der Waals surface area contributed by atoms with Crippen LogP contribution in [0, 0.1) is 0 Å². The molecule has 3 rings (SSSR count). The van der Waals surface area contributed by atoms with Gasteiger partial charge in [0.1, 0.15) is 22.4 Å². The molecule has 3 N–H and O–H groups in total. The van der Waals surface area contributed by atoms with Crippen molar-refractivity contribution in [1.82, 2.24) is 4.90 Å². The van der Waals surface area contributed by atoms with E-state index < -0.39 is 17.7 Å². The zero-order chi connectivity index (χ0) is 16.1. The van der Waals surface area contributed by atoms with E-state index in [1.807, 2.05) is 26.0 Å². The minimum atomic E-state index is -0.816. The minimum absolute atomic E-state index is 0.0634. The number of benzene rings is 1. The van der Waals surface area contributed by atoms with Crippen molar-refractivity contribution in [3.63, 3.8) is 0 Å². The zero-order valence-electron chi connectivity index (χ0n) is 12.7. The molecule has 0 unspecified atom stereocenters. The summed E-state index contributed by atoms with van der Waals surface area (Å²) >= 11 is 5.03. The number of nitrogens with zero attached hydrogens (tertiary/aromatic N) is 1. The monoisotopic (exact) mass is 320 g/mol. The number of fused-ring (bicyclic) bond motifs is 1. The molecule has 0 radical (unpaired) electrons. The number of carbonyl (C=O) groups is 1. The van der Waals surface area contributed by atoms with Crippen LogP contribution in [0.15, 0.2) is 18.2 Å². The molecule has 2 atom stereocenters. The summed E-state index contributed by atoms with van der Waals surface area (Å²) in [5.41, 5.74) is 6.42. The molecular formula is C16H20N2O3S. The third kappa shape index (κ3) is 2.36. The van der Waals surface area contributed by atoms with Gasteiger partial charge in [0.25, 0.3) is 0 Å². The Morgan fingerprint density at radius 1 is 1.50 bits per heavy atom. The summed E-state index contributed by atoms with van der Waals surface area (Å²) in [4.78, 5) is 14.2. The summed E-state index contributed by atoms with van der Waals surface area (Å²) in [7, 11) is 0. The second kappa shape index (κ2) is 5.21. The molecule has 22 heavy (non-hydrogen) atoms. The topological polar surface area (TPSA) is 75.8 Å². The molecule has 2 aliphatic heterocycles. The van der Waals surface area contributed by atoms with Crippen molar-refractivity contribution in [2.45, 2.75) is 44.4 Å². The van der Waals surface area contributed by atoms with Crippen molar-refractivity contribution < 1.29 is 14.6 Å². The summed E-state index contributed by atoms with van der Waals surface area (Å²) in [6, 6.07) is 5.01. The molecule has 1 saturated heterocycles. The summed E-state index contributed by atoms with van der Waals surface area (Å²) < 4.78 is 5.92. The lowest BCUT2D eigenvalue weighted by atomic mass is 9.85. The summed E-state index contributed by atoms with van der Waals surface area (Å²) in [6.45, 7) is 4.30. The van der Waals surface area contributed by atoms with Crippen LogP contribution in [0.3, 0.4) is 0 Å². The molecule has 6 heteroatoms. The van der Waals surface area contributed by atoms with Gasteiger partial charge in [-0.2, -0.15) is 0 Å². The van der Waals surface area contributed by atoms with Gasteiger partial charge in [-0.15, -0.1) is 0 Å². The highest BCUT2D eigenvalue weighted by Crippen LogP contribution is 2.44. The number of hydrogen-bond acceptors (Lipinski definition) is 4. The smallest absolute Gasteiger partial charge is 0.223 e. The number of aliphatic hydroxyl groups is 1. The van der Waals surface area contributed by atoms with Crippen molar-refractivity contribution in [1.29, 1.82) is 0 Å². The molecule has 0 bridgehead atoms. The van der Waals surface area contributed by atoms with Crippen LogP contribution in [-0.4, -0.2) is 39.2 Å². The summed E-state index contributed by atoms with van der Waals surface area (Å²) in [6.07, 6.45) is 0.520. The van der Waals surface area contributed by atoms with Crippen molar-refractivity contribution in [3.8, 4) is 5.75 Å².